The van der Waals surface area contributed by atoms with Crippen LogP contribution in [0.15, 0.2) is 18.5 Å². The van der Waals surface area contributed by atoms with Crippen molar-refractivity contribution < 1.29 is 9.53 Å². The number of hydrogen-bond donors (Lipinski definition) is 1. The molecule has 0 bridgehead atoms. The Hall–Kier alpha value is -1.58. The topological polar surface area (TPSA) is 51.2 Å². The highest BCUT2D eigenvalue weighted by Crippen LogP contribution is 2.08. The van der Waals surface area contributed by atoms with Crippen molar-refractivity contribution in [2.75, 3.05) is 0 Å². The molecule has 1 N–H and O–H groups in total. The van der Waals surface area contributed by atoms with Crippen LogP contribution in [0.25, 0.3) is 0 Å². The van der Waals surface area contributed by atoms with Gasteiger partial charge in [-0.25, -0.2) is 4.79 Å². The van der Waals surface area contributed by atoms with Crippen LogP contribution in [0.1, 0.15) is 31.9 Å². The Kier molecular flexibility index (Phi) is 3.88. The summed E-state index contributed by atoms with van der Waals surface area (Å²) in [6.45, 7) is 7.93. The molecule has 0 saturated carbocycles. The number of rotatable bonds is 2. The zero-order chi connectivity index (χ0) is 12.2. The van der Waals surface area contributed by atoms with Gasteiger partial charge < -0.3 is 10.1 Å². The Morgan fingerprint density at radius 3 is 2.75 bits per heavy atom. The van der Waals surface area contributed by atoms with Crippen LogP contribution >= 0.6 is 0 Å². The molecule has 4 nitrogen and oxygen atoms in total. The lowest BCUT2D eigenvalue weighted by Gasteiger charge is -2.19. The lowest BCUT2D eigenvalue weighted by Crippen LogP contribution is -2.32. The normalized spacial score (nSPS) is 11.0. The van der Waals surface area contributed by atoms with E-state index in [1.165, 1.54) is 0 Å². The lowest BCUT2D eigenvalue weighted by atomic mass is 10.1. The molecule has 0 aliphatic rings. The third kappa shape index (κ3) is 4.29. The fraction of sp³-hybridized carbons (Fsp3) is 0.500. The van der Waals surface area contributed by atoms with E-state index in [2.05, 4.69) is 10.3 Å². The van der Waals surface area contributed by atoms with Crippen molar-refractivity contribution in [3.63, 3.8) is 0 Å². The first kappa shape index (κ1) is 12.5. The maximum Gasteiger partial charge on any atom is 0.407 e. The zero-order valence-corrected chi connectivity index (χ0v) is 10.2. The van der Waals surface area contributed by atoms with Gasteiger partial charge in [0, 0.05) is 18.9 Å². The summed E-state index contributed by atoms with van der Waals surface area (Å²) >= 11 is 0. The predicted molar refractivity (Wildman–Crippen MR) is 62.0 cm³/mol. The molecule has 4 heteroatoms. The molecule has 0 saturated heterocycles. The van der Waals surface area contributed by atoms with Crippen molar-refractivity contribution >= 4 is 6.09 Å². The first-order valence-corrected chi connectivity index (χ1v) is 5.25. The number of amides is 1. The molecular weight excluding hydrogens is 204 g/mol. The van der Waals surface area contributed by atoms with Gasteiger partial charge in [0.15, 0.2) is 0 Å². The molecule has 1 aromatic heterocycles. The Bertz CT molecular complexity index is 370. The van der Waals surface area contributed by atoms with E-state index in [-0.39, 0.29) is 0 Å². The molecule has 0 aromatic carbocycles. The van der Waals surface area contributed by atoms with Gasteiger partial charge in [-0.2, -0.15) is 0 Å². The number of pyridine rings is 1. The number of alkyl carbamates (subject to hydrolysis) is 1. The third-order valence-corrected chi connectivity index (χ3v) is 1.96. The van der Waals surface area contributed by atoms with E-state index in [1.807, 2.05) is 33.8 Å². The highest BCUT2D eigenvalue weighted by Gasteiger charge is 2.15. The number of nitrogens with one attached hydrogen (secondary N) is 1. The molecule has 0 aliphatic carbocycles. The van der Waals surface area contributed by atoms with E-state index in [4.69, 9.17) is 4.74 Å². The van der Waals surface area contributed by atoms with Gasteiger partial charge in [-0.1, -0.05) is 0 Å². The summed E-state index contributed by atoms with van der Waals surface area (Å²) in [5, 5.41) is 2.71. The molecule has 1 rings (SSSR count). The van der Waals surface area contributed by atoms with Gasteiger partial charge in [-0.05, 0) is 44.9 Å². The molecule has 0 unspecified atom stereocenters. The second-order valence-corrected chi connectivity index (χ2v) is 4.66. The van der Waals surface area contributed by atoms with E-state index in [0.29, 0.717) is 6.54 Å². The third-order valence-electron chi connectivity index (χ3n) is 1.96. The maximum atomic E-state index is 11.4. The summed E-state index contributed by atoms with van der Waals surface area (Å²) in [7, 11) is 0. The van der Waals surface area contributed by atoms with Gasteiger partial charge in [0.2, 0.25) is 0 Å². The average Bonchev–Trinajstić information content (AvgIpc) is 2.14. The molecule has 0 aliphatic heterocycles. The molecular formula is C12H18N2O2. The summed E-state index contributed by atoms with van der Waals surface area (Å²) in [4.78, 5) is 15.4. The molecule has 16 heavy (non-hydrogen) atoms. The minimum Gasteiger partial charge on any atom is -0.444 e. The second-order valence-electron chi connectivity index (χ2n) is 4.66. The van der Waals surface area contributed by atoms with Gasteiger partial charge >= 0.3 is 6.09 Å². The van der Waals surface area contributed by atoms with Crippen LogP contribution in [-0.2, 0) is 11.3 Å². The van der Waals surface area contributed by atoms with Crippen molar-refractivity contribution in [2.45, 2.75) is 39.8 Å². The van der Waals surface area contributed by atoms with Crippen molar-refractivity contribution in [3.05, 3.63) is 29.6 Å². The lowest BCUT2D eigenvalue weighted by molar-refractivity contribution is 0.0523. The van der Waals surface area contributed by atoms with Crippen molar-refractivity contribution in [3.8, 4) is 0 Å². The number of nitrogens with zero attached hydrogens (tertiary/aromatic N) is 1. The first-order valence-electron chi connectivity index (χ1n) is 5.25. The predicted octanol–water partition coefficient (Wildman–Crippen LogP) is 2.41. The minimum absolute atomic E-state index is 0.399. The van der Waals surface area contributed by atoms with Gasteiger partial charge in [0.1, 0.15) is 5.60 Å². The van der Waals surface area contributed by atoms with Crippen LogP contribution in [0.3, 0.4) is 0 Å². The van der Waals surface area contributed by atoms with Crippen LogP contribution < -0.4 is 5.32 Å². The van der Waals surface area contributed by atoms with E-state index in [0.717, 1.165) is 11.1 Å². The molecule has 0 atom stereocenters. The first-order chi connectivity index (χ1) is 7.38. The molecule has 88 valence electrons. The van der Waals surface area contributed by atoms with Gasteiger partial charge in [0.05, 0.1) is 0 Å². The Morgan fingerprint density at radius 1 is 1.50 bits per heavy atom. The van der Waals surface area contributed by atoms with E-state index in [1.54, 1.807) is 12.4 Å². The van der Waals surface area contributed by atoms with Crippen molar-refractivity contribution in [1.82, 2.24) is 10.3 Å². The van der Waals surface area contributed by atoms with E-state index < -0.39 is 11.7 Å². The molecule has 0 radical (unpaired) electrons. The quantitative estimate of drug-likeness (QED) is 0.836. The Morgan fingerprint density at radius 2 is 2.19 bits per heavy atom. The summed E-state index contributed by atoms with van der Waals surface area (Å²) in [5.74, 6) is 0. The van der Waals surface area contributed by atoms with Crippen molar-refractivity contribution in [2.24, 2.45) is 0 Å². The zero-order valence-electron chi connectivity index (χ0n) is 10.2. The summed E-state index contributed by atoms with van der Waals surface area (Å²) in [6, 6.07) is 1.88. The Labute approximate surface area is 96.0 Å². The minimum atomic E-state index is -0.461. The maximum absolute atomic E-state index is 11.4. The molecule has 1 aromatic rings. The largest absolute Gasteiger partial charge is 0.444 e. The monoisotopic (exact) mass is 222 g/mol. The van der Waals surface area contributed by atoms with Crippen LogP contribution in [0.2, 0.25) is 0 Å². The van der Waals surface area contributed by atoms with Gasteiger partial charge in [-0.15, -0.1) is 0 Å². The number of hydrogen-bond acceptors (Lipinski definition) is 3. The smallest absolute Gasteiger partial charge is 0.407 e. The Balaban J connectivity index is 2.47. The molecule has 0 spiro atoms. The second kappa shape index (κ2) is 4.96. The van der Waals surface area contributed by atoms with E-state index in [9.17, 15) is 4.79 Å². The molecule has 0 fully saturated rings. The fourth-order valence-electron chi connectivity index (χ4n) is 1.18. The molecule has 1 amide bonds. The van der Waals surface area contributed by atoms with Crippen LogP contribution in [0, 0.1) is 6.92 Å². The van der Waals surface area contributed by atoms with Crippen LogP contribution in [0.4, 0.5) is 4.79 Å². The fourth-order valence-corrected chi connectivity index (χ4v) is 1.18. The number of aryl methyl sites for hydroxylation is 1. The summed E-state index contributed by atoms with van der Waals surface area (Å²) < 4.78 is 5.13. The number of ether oxygens (including phenoxy) is 1. The highest BCUT2D eigenvalue weighted by molar-refractivity contribution is 5.67. The average molecular weight is 222 g/mol. The van der Waals surface area contributed by atoms with Crippen LogP contribution in [0.5, 0.6) is 0 Å². The van der Waals surface area contributed by atoms with Gasteiger partial charge in [0.25, 0.3) is 0 Å². The van der Waals surface area contributed by atoms with E-state index >= 15 is 0 Å². The van der Waals surface area contributed by atoms with Crippen molar-refractivity contribution in [1.29, 1.82) is 0 Å². The summed E-state index contributed by atoms with van der Waals surface area (Å²) in [5.41, 5.74) is 1.64. The number of carbonyl (C=O) groups is 1. The summed E-state index contributed by atoms with van der Waals surface area (Å²) in [6.07, 6.45) is 3.08. The number of aromatic nitrogens is 1. The highest BCUT2D eigenvalue weighted by atomic mass is 16.6. The van der Waals surface area contributed by atoms with Crippen LogP contribution in [-0.4, -0.2) is 16.7 Å². The number of carbonyl (C=O) groups excluding carboxylic acids is 1. The standard InChI is InChI=1S/C12H18N2O2/c1-9-7-13-6-5-10(9)8-14-11(15)16-12(2,3)4/h5-7H,8H2,1-4H3,(H,14,15). The molecule has 1 heterocycles. The van der Waals surface area contributed by atoms with Gasteiger partial charge in [-0.3, -0.25) is 4.98 Å². The SMILES string of the molecule is Cc1cnccc1CNC(=O)OC(C)(C)C.